The van der Waals surface area contributed by atoms with E-state index in [1.165, 1.54) is 4.31 Å². The van der Waals surface area contributed by atoms with Gasteiger partial charge in [-0.2, -0.15) is 9.57 Å². The summed E-state index contributed by atoms with van der Waals surface area (Å²) in [5, 5.41) is 8.80. The molecule has 1 aromatic carbocycles. The summed E-state index contributed by atoms with van der Waals surface area (Å²) in [4.78, 5) is 0.317. The first-order valence-electron chi connectivity index (χ1n) is 5.88. The molecule has 1 aromatic rings. The van der Waals surface area contributed by atoms with Crippen LogP contribution in [0.1, 0.15) is 19.4 Å². The van der Waals surface area contributed by atoms with Crippen molar-refractivity contribution in [2.24, 2.45) is 5.92 Å². The van der Waals surface area contributed by atoms with Crippen LogP contribution in [0.4, 0.5) is 0 Å². The van der Waals surface area contributed by atoms with Gasteiger partial charge in [-0.05, 0) is 25.5 Å². The van der Waals surface area contributed by atoms with E-state index < -0.39 is 10.0 Å². The molecule has 0 heterocycles. The molecule has 4 nitrogen and oxygen atoms in total. The van der Waals surface area contributed by atoms with E-state index in [0.29, 0.717) is 11.4 Å². The van der Waals surface area contributed by atoms with Crippen LogP contribution in [0.25, 0.3) is 0 Å². The second kappa shape index (κ2) is 5.98. The fourth-order valence-electron chi connectivity index (χ4n) is 1.73. The van der Waals surface area contributed by atoms with E-state index in [1.807, 2.05) is 6.07 Å². The lowest BCUT2D eigenvalue weighted by Gasteiger charge is -2.22. The molecule has 1 atom stereocenters. The van der Waals surface area contributed by atoms with Crippen molar-refractivity contribution in [3.05, 3.63) is 29.8 Å². The fourth-order valence-corrected chi connectivity index (χ4v) is 3.49. The lowest BCUT2D eigenvalue weighted by atomic mass is 10.2. The average molecular weight is 266 g/mol. The van der Waals surface area contributed by atoms with E-state index in [-0.39, 0.29) is 12.5 Å². The first-order valence-corrected chi connectivity index (χ1v) is 7.32. The SMILES string of the molecule is CCN(CC(C)C#N)S(=O)(=O)c1ccccc1C. The van der Waals surface area contributed by atoms with Crippen LogP contribution in [0.2, 0.25) is 0 Å². The third-order valence-corrected chi connectivity index (χ3v) is 4.86. The highest BCUT2D eigenvalue weighted by atomic mass is 32.2. The summed E-state index contributed by atoms with van der Waals surface area (Å²) in [6.07, 6.45) is 0. The molecule has 5 heteroatoms. The van der Waals surface area contributed by atoms with E-state index >= 15 is 0 Å². The first-order chi connectivity index (χ1) is 8.43. The molecular weight excluding hydrogens is 248 g/mol. The molecule has 0 saturated heterocycles. The Kier molecular flexibility index (Phi) is 4.88. The average Bonchev–Trinajstić information content (AvgIpc) is 2.35. The predicted octanol–water partition coefficient (Wildman–Crippen LogP) is 2.17. The van der Waals surface area contributed by atoms with Gasteiger partial charge < -0.3 is 0 Å². The second-order valence-electron chi connectivity index (χ2n) is 4.25. The molecule has 0 saturated carbocycles. The number of nitrogens with zero attached hydrogens (tertiary/aromatic N) is 2. The third-order valence-electron chi connectivity index (χ3n) is 2.76. The zero-order valence-corrected chi connectivity index (χ0v) is 11.7. The van der Waals surface area contributed by atoms with Crippen LogP contribution in [0.15, 0.2) is 29.2 Å². The zero-order valence-electron chi connectivity index (χ0n) is 10.9. The Balaban J connectivity index is 3.13. The monoisotopic (exact) mass is 266 g/mol. The van der Waals surface area contributed by atoms with Gasteiger partial charge in [0.05, 0.1) is 16.9 Å². The van der Waals surface area contributed by atoms with Gasteiger partial charge in [-0.3, -0.25) is 0 Å². The highest BCUT2D eigenvalue weighted by molar-refractivity contribution is 7.89. The number of aryl methyl sites for hydroxylation is 1. The molecule has 0 N–H and O–H groups in total. The molecule has 18 heavy (non-hydrogen) atoms. The summed E-state index contributed by atoms with van der Waals surface area (Å²) in [6, 6.07) is 8.95. The van der Waals surface area contributed by atoms with Crippen molar-refractivity contribution in [2.45, 2.75) is 25.7 Å². The molecule has 1 unspecified atom stereocenters. The van der Waals surface area contributed by atoms with Gasteiger partial charge in [0.25, 0.3) is 0 Å². The number of rotatable bonds is 5. The summed E-state index contributed by atoms with van der Waals surface area (Å²) in [5.41, 5.74) is 0.723. The first kappa shape index (κ1) is 14.7. The highest BCUT2D eigenvalue weighted by Gasteiger charge is 2.25. The maximum Gasteiger partial charge on any atom is 0.243 e. The largest absolute Gasteiger partial charge is 0.243 e. The predicted molar refractivity (Wildman–Crippen MR) is 70.4 cm³/mol. The minimum atomic E-state index is -3.50. The molecule has 0 bridgehead atoms. The van der Waals surface area contributed by atoms with Crippen LogP contribution in [0, 0.1) is 24.2 Å². The minimum absolute atomic E-state index is 0.226. The number of hydrogen-bond donors (Lipinski definition) is 0. The van der Waals surface area contributed by atoms with Crippen molar-refractivity contribution >= 4 is 10.0 Å². The quantitative estimate of drug-likeness (QED) is 0.820. The molecule has 0 spiro atoms. The maximum absolute atomic E-state index is 12.5. The van der Waals surface area contributed by atoms with Crippen LogP contribution < -0.4 is 0 Å². The smallest absolute Gasteiger partial charge is 0.207 e. The van der Waals surface area contributed by atoms with Gasteiger partial charge in [0.15, 0.2) is 0 Å². The summed E-state index contributed by atoms with van der Waals surface area (Å²) < 4.78 is 26.3. The van der Waals surface area contributed by atoms with Crippen LogP contribution in [-0.4, -0.2) is 25.8 Å². The van der Waals surface area contributed by atoms with Gasteiger partial charge in [0.2, 0.25) is 10.0 Å². The summed E-state index contributed by atoms with van der Waals surface area (Å²) in [7, 11) is -3.50. The molecule has 0 aliphatic rings. The van der Waals surface area contributed by atoms with Gasteiger partial charge in [0, 0.05) is 13.1 Å². The molecule has 0 aromatic heterocycles. The van der Waals surface area contributed by atoms with E-state index in [4.69, 9.17) is 5.26 Å². The number of benzene rings is 1. The van der Waals surface area contributed by atoms with Crippen molar-refractivity contribution in [2.75, 3.05) is 13.1 Å². The van der Waals surface area contributed by atoms with Crippen molar-refractivity contribution in [3.8, 4) is 6.07 Å². The fraction of sp³-hybridized carbons (Fsp3) is 0.462. The maximum atomic E-state index is 12.5. The zero-order chi connectivity index (χ0) is 13.8. The van der Waals surface area contributed by atoms with E-state index in [0.717, 1.165) is 5.56 Å². The Labute approximate surface area is 109 Å². The Bertz CT molecular complexity index is 546. The summed E-state index contributed by atoms with van der Waals surface area (Å²) in [5.74, 6) is -0.316. The molecule has 0 radical (unpaired) electrons. The molecule has 0 amide bonds. The highest BCUT2D eigenvalue weighted by Crippen LogP contribution is 2.20. The van der Waals surface area contributed by atoms with E-state index in [2.05, 4.69) is 6.07 Å². The topological polar surface area (TPSA) is 61.2 Å². The molecular formula is C13H18N2O2S. The van der Waals surface area contributed by atoms with Crippen molar-refractivity contribution < 1.29 is 8.42 Å². The Morgan fingerprint density at radius 2 is 2.00 bits per heavy atom. The molecule has 1 rings (SSSR count). The Hall–Kier alpha value is -1.38. The van der Waals surface area contributed by atoms with Crippen LogP contribution in [0.3, 0.4) is 0 Å². The van der Waals surface area contributed by atoms with Gasteiger partial charge in [-0.1, -0.05) is 25.1 Å². The molecule has 98 valence electrons. The lowest BCUT2D eigenvalue weighted by Crippen LogP contribution is -2.34. The molecule has 0 aliphatic heterocycles. The number of sulfonamides is 1. The standard InChI is InChI=1S/C13H18N2O2S/c1-4-15(10-11(2)9-14)18(16,17)13-8-6-5-7-12(13)3/h5-8,11H,4,10H2,1-3H3. The van der Waals surface area contributed by atoms with Crippen LogP contribution in [0.5, 0.6) is 0 Å². The number of hydrogen-bond acceptors (Lipinski definition) is 3. The van der Waals surface area contributed by atoms with Crippen molar-refractivity contribution in [3.63, 3.8) is 0 Å². The van der Waals surface area contributed by atoms with E-state index in [9.17, 15) is 8.42 Å². The number of nitriles is 1. The Morgan fingerprint density at radius 1 is 1.39 bits per heavy atom. The lowest BCUT2D eigenvalue weighted by molar-refractivity contribution is 0.399. The Morgan fingerprint density at radius 3 is 2.50 bits per heavy atom. The normalized spacial score (nSPS) is 13.3. The molecule has 0 aliphatic carbocycles. The van der Waals surface area contributed by atoms with E-state index in [1.54, 1.807) is 39.0 Å². The van der Waals surface area contributed by atoms with Crippen LogP contribution >= 0.6 is 0 Å². The third kappa shape index (κ3) is 3.09. The summed E-state index contributed by atoms with van der Waals surface area (Å²) >= 11 is 0. The minimum Gasteiger partial charge on any atom is -0.207 e. The summed E-state index contributed by atoms with van der Waals surface area (Å²) in [6.45, 7) is 5.86. The molecule has 0 fully saturated rings. The van der Waals surface area contributed by atoms with Crippen molar-refractivity contribution in [1.29, 1.82) is 5.26 Å². The van der Waals surface area contributed by atoms with Gasteiger partial charge in [-0.15, -0.1) is 0 Å². The van der Waals surface area contributed by atoms with Gasteiger partial charge >= 0.3 is 0 Å². The van der Waals surface area contributed by atoms with Gasteiger partial charge in [0.1, 0.15) is 0 Å². The van der Waals surface area contributed by atoms with Crippen LogP contribution in [-0.2, 0) is 10.0 Å². The second-order valence-corrected chi connectivity index (χ2v) is 6.16. The van der Waals surface area contributed by atoms with Gasteiger partial charge in [-0.25, -0.2) is 8.42 Å². The van der Waals surface area contributed by atoms with Crippen molar-refractivity contribution in [1.82, 2.24) is 4.31 Å².